The Morgan fingerprint density at radius 1 is 0.661 bits per heavy atom. The number of nitrogens with one attached hydrogen (secondary N) is 6. The lowest BCUT2D eigenvalue weighted by atomic mass is 9.83. The van der Waals surface area contributed by atoms with Crippen molar-refractivity contribution in [2.45, 2.75) is 148 Å². The fourth-order valence-electron chi connectivity index (χ4n) is 7.87. The van der Waals surface area contributed by atoms with Gasteiger partial charge >= 0.3 is 6.09 Å². The van der Waals surface area contributed by atoms with E-state index in [0.717, 1.165) is 64.2 Å². The molecule has 2 aromatic rings. The molecule has 0 radical (unpaired) electrons. The lowest BCUT2D eigenvalue weighted by Crippen LogP contribution is -2.58. The molecule has 4 rings (SSSR count). The Balaban J connectivity index is 1.40. The molecule has 0 bridgehead atoms. The van der Waals surface area contributed by atoms with Crippen LogP contribution in [0.1, 0.15) is 130 Å². The molecule has 2 aliphatic rings. The predicted octanol–water partition coefficient (Wildman–Crippen LogP) is 5.92. The number of ether oxygens (including phenoxy) is 2. The van der Waals surface area contributed by atoms with Gasteiger partial charge in [-0.2, -0.15) is 0 Å². The van der Waals surface area contributed by atoms with Crippen LogP contribution in [0.5, 0.6) is 11.5 Å². The Labute approximate surface area is 366 Å². The van der Waals surface area contributed by atoms with Crippen molar-refractivity contribution >= 4 is 41.4 Å². The maximum absolute atomic E-state index is 13.8. The van der Waals surface area contributed by atoms with Gasteiger partial charge in [0.1, 0.15) is 29.6 Å². The number of para-hydroxylation sites is 1. The van der Waals surface area contributed by atoms with Crippen LogP contribution < -0.4 is 36.6 Å². The molecule has 6 amide bonds. The van der Waals surface area contributed by atoms with E-state index in [1.54, 1.807) is 31.2 Å². The number of amides is 6. The molecule has 0 aromatic heterocycles. The summed E-state index contributed by atoms with van der Waals surface area (Å²) in [6.07, 6.45) is 9.15. The highest BCUT2D eigenvalue weighted by Crippen LogP contribution is 2.28. The average Bonchev–Trinajstić information content (AvgIpc) is 3.26. The number of benzene rings is 2. The first-order valence-electron chi connectivity index (χ1n) is 22.5. The first-order chi connectivity index (χ1) is 29.7. The highest BCUT2D eigenvalue weighted by atomic mass is 16.5. The largest absolute Gasteiger partial charge is 0.457 e. The van der Waals surface area contributed by atoms with Crippen LogP contribution >= 0.6 is 0 Å². The van der Waals surface area contributed by atoms with Gasteiger partial charge in [-0.05, 0) is 86.1 Å². The lowest BCUT2D eigenvalue weighted by Gasteiger charge is -2.31. The summed E-state index contributed by atoms with van der Waals surface area (Å²) in [5.41, 5.74) is 0.496. The fraction of sp³-hybridized carbons (Fsp3) is 0.596. The molecule has 2 fully saturated rings. The second-order valence-corrected chi connectivity index (χ2v) is 17.4. The van der Waals surface area contributed by atoms with Gasteiger partial charge in [-0.3, -0.25) is 28.8 Å². The Morgan fingerprint density at radius 3 is 1.89 bits per heavy atom. The molecule has 2 aromatic carbocycles. The predicted molar refractivity (Wildman–Crippen MR) is 235 cm³/mol. The summed E-state index contributed by atoms with van der Waals surface area (Å²) in [7, 11) is 0. The third-order valence-corrected chi connectivity index (χ3v) is 11.1. The van der Waals surface area contributed by atoms with Gasteiger partial charge in [-0.25, -0.2) is 4.79 Å². The zero-order chi connectivity index (χ0) is 45.0. The number of hydrogen-bond donors (Lipinski definition) is 6. The van der Waals surface area contributed by atoms with E-state index >= 15 is 0 Å². The van der Waals surface area contributed by atoms with E-state index in [1.807, 2.05) is 58.0 Å². The van der Waals surface area contributed by atoms with E-state index in [9.17, 15) is 33.6 Å². The molecule has 0 saturated heterocycles. The van der Waals surface area contributed by atoms with Crippen LogP contribution in [0.3, 0.4) is 0 Å². The van der Waals surface area contributed by atoms with Gasteiger partial charge < -0.3 is 41.4 Å². The van der Waals surface area contributed by atoms with Crippen molar-refractivity contribution < 1.29 is 43.0 Å². The quantitative estimate of drug-likeness (QED) is 0.0776. The molecule has 340 valence electrons. The van der Waals surface area contributed by atoms with Gasteiger partial charge in [-0.1, -0.05) is 110 Å². The van der Waals surface area contributed by atoms with Gasteiger partial charge in [0.05, 0.1) is 19.2 Å². The van der Waals surface area contributed by atoms with Crippen molar-refractivity contribution in [3.63, 3.8) is 0 Å². The summed E-state index contributed by atoms with van der Waals surface area (Å²) in [6.45, 7) is 8.97. The van der Waals surface area contributed by atoms with Crippen LogP contribution in [-0.4, -0.2) is 78.7 Å². The number of Topliss-reactive ketones (excluding diaryl/α,β-unsaturated/α-hetero) is 1. The highest BCUT2D eigenvalue weighted by Gasteiger charge is 2.36. The molecular weight excluding hydrogens is 793 g/mol. The molecular formula is C47H68N6O9. The topological polar surface area (TPSA) is 210 Å². The summed E-state index contributed by atoms with van der Waals surface area (Å²) < 4.78 is 11.2. The molecule has 0 aliphatic heterocycles. The molecule has 4 atom stereocenters. The Hall–Kier alpha value is -5.47. The maximum Gasteiger partial charge on any atom is 0.407 e. The van der Waals surface area contributed by atoms with Crippen LogP contribution in [-0.2, 0) is 33.5 Å². The minimum atomic E-state index is -1.24. The van der Waals surface area contributed by atoms with Gasteiger partial charge in [0, 0.05) is 6.04 Å². The zero-order valence-corrected chi connectivity index (χ0v) is 37.1. The molecule has 15 heteroatoms. The van der Waals surface area contributed by atoms with Crippen molar-refractivity contribution in [3.8, 4) is 11.5 Å². The SMILES string of the molecule is CCCC(NC(=O)C(CC(C)C)NC(=O)[C@@H](NC(=O)OCC(C)C)C1CCCCC1)C(=O)C(=O)NCC(=O)NC(C(=O)NC1CCCCC1)c1ccc(Oc2ccccc2)cc1. The van der Waals surface area contributed by atoms with Crippen molar-refractivity contribution in [2.24, 2.45) is 17.8 Å². The smallest absolute Gasteiger partial charge is 0.407 e. The summed E-state index contributed by atoms with van der Waals surface area (Å²) in [6, 6.07) is 11.6. The minimum Gasteiger partial charge on any atom is -0.457 e. The van der Waals surface area contributed by atoms with E-state index in [1.165, 1.54) is 0 Å². The molecule has 2 aliphatic carbocycles. The van der Waals surface area contributed by atoms with Gasteiger partial charge in [0.25, 0.3) is 5.91 Å². The second kappa shape index (κ2) is 25.5. The average molecular weight is 861 g/mol. The van der Waals surface area contributed by atoms with E-state index in [2.05, 4.69) is 31.9 Å². The van der Waals surface area contributed by atoms with Gasteiger partial charge in [0.15, 0.2) is 0 Å². The molecule has 0 heterocycles. The number of rotatable bonds is 22. The van der Waals surface area contributed by atoms with Crippen LogP contribution in [0.4, 0.5) is 4.79 Å². The Morgan fingerprint density at radius 2 is 1.27 bits per heavy atom. The van der Waals surface area contributed by atoms with Gasteiger partial charge in [-0.15, -0.1) is 0 Å². The summed E-state index contributed by atoms with van der Waals surface area (Å²) in [5, 5.41) is 16.4. The van der Waals surface area contributed by atoms with Crippen LogP contribution in [0.15, 0.2) is 54.6 Å². The summed E-state index contributed by atoms with van der Waals surface area (Å²) in [5.74, 6) is -3.23. The number of alkyl carbamates (subject to hydrolysis) is 1. The second-order valence-electron chi connectivity index (χ2n) is 17.4. The Kier molecular flexibility index (Phi) is 20.2. The Bertz CT molecular complexity index is 1780. The summed E-state index contributed by atoms with van der Waals surface area (Å²) >= 11 is 0. The van der Waals surface area contributed by atoms with Crippen molar-refractivity contribution in [3.05, 3.63) is 60.2 Å². The lowest BCUT2D eigenvalue weighted by molar-refractivity contribution is -0.141. The normalized spacial score (nSPS) is 16.5. The van der Waals surface area contributed by atoms with Crippen LogP contribution in [0.2, 0.25) is 0 Å². The zero-order valence-electron chi connectivity index (χ0n) is 37.1. The van der Waals surface area contributed by atoms with E-state index < -0.39 is 72.1 Å². The van der Waals surface area contributed by atoms with E-state index in [-0.39, 0.29) is 43.2 Å². The first kappa shape index (κ1) is 49.2. The van der Waals surface area contributed by atoms with E-state index in [0.29, 0.717) is 23.5 Å². The third-order valence-electron chi connectivity index (χ3n) is 11.1. The third kappa shape index (κ3) is 16.4. The summed E-state index contributed by atoms with van der Waals surface area (Å²) in [4.78, 5) is 94.2. The maximum atomic E-state index is 13.8. The standard InChI is InChI=1S/C47H68N6O9/c1-6-16-37(50-43(56)38(27-30(2)3)51-45(58)41(32-17-10-7-11-18-32)53-47(60)61-29-31(4)5)42(55)46(59)48-28-39(54)52-40(44(57)49-34-19-12-8-13-20-34)33-23-25-36(26-24-33)62-35-21-14-9-15-22-35/h9,14-15,21-26,30-32,34,37-38,40-41H,6-8,10-13,16-20,27-29H2,1-5H3,(H,48,59)(H,49,57)(H,50,56)(H,51,58)(H,52,54)(H,53,60)/t37?,38?,40?,41-/m0/s1. The molecule has 0 spiro atoms. The van der Waals surface area contributed by atoms with Crippen molar-refractivity contribution in [1.82, 2.24) is 31.9 Å². The monoisotopic (exact) mass is 861 g/mol. The molecule has 6 N–H and O–H groups in total. The van der Waals surface area contributed by atoms with Gasteiger partial charge in [0.2, 0.25) is 29.4 Å². The van der Waals surface area contributed by atoms with E-state index in [4.69, 9.17) is 9.47 Å². The molecule has 62 heavy (non-hydrogen) atoms. The van der Waals surface area contributed by atoms with Crippen molar-refractivity contribution in [1.29, 1.82) is 0 Å². The number of ketones is 1. The van der Waals surface area contributed by atoms with Crippen LogP contribution in [0, 0.1) is 17.8 Å². The fourth-order valence-corrected chi connectivity index (χ4v) is 7.87. The highest BCUT2D eigenvalue weighted by molar-refractivity contribution is 6.38. The molecule has 2 saturated carbocycles. The van der Waals surface area contributed by atoms with Crippen LogP contribution in [0.25, 0.3) is 0 Å². The van der Waals surface area contributed by atoms with Crippen molar-refractivity contribution in [2.75, 3.05) is 13.2 Å². The number of hydrogen-bond acceptors (Lipinski definition) is 9. The number of carbonyl (C=O) groups is 7. The molecule has 3 unspecified atom stereocenters. The minimum absolute atomic E-state index is 0.0267. The first-order valence-corrected chi connectivity index (χ1v) is 22.5. The molecule has 15 nitrogen and oxygen atoms in total. The number of carbonyl (C=O) groups excluding carboxylic acids is 7.